The summed E-state index contributed by atoms with van der Waals surface area (Å²) < 4.78 is 11.5. The number of aromatic amines is 1. The molecule has 0 aliphatic heterocycles. The molecule has 1 aromatic heterocycles. The van der Waals surface area contributed by atoms with Crippen molar-refractivity contribution in [3.05, 3.63) is 20.6 Å². The molecule has 0 saturated heterocycles. The molecule has 0 aromatic carbocycles. The molecule has 4 nitrogen and oxygen atoms in total. The normalized spacial score (nSPS) is 12.8. The van der Waals surface area contributed by atoms with Crippen LogP contribution in [0.25, 0.3) is 0 Å². The SMILES string of the molecule is COCc1[nH]c(C(C)OC)nc(=S)c1Br. The minimum absolute atomic E-state index is 0.115. The van der Waals surface area contributed by atoms with E-state index >= 15 is 0 Å². The van der Waals surface area contributed by atoms with Crippen LogP contribution in [0, 0.1) is 4.64 Å². The largest absolute Gasteiger partial charge is 0.378 e. The Kier molecular flexibility index (Phi) is 4.85. The molecule has 1 N–H and O–H groups in total. The minimum Gasteiger partial charge on any atom is -0.378 e. The van der Waals surface area contributed by atoms with Crippen LogP contribution in [0.15, 0.2) is 4.47 Å². The zero-order valence-corrected chi connectivity index (χ0v) is 11.2. The predicted molar refractivity (Wildman–Crippen MR) is 63.3 cm³/mol. The number of nitrogens with zero attached hydrogens (tertiary/aromatic N) is 1. The summed E-state index contributed by atoms with van der Waals surface area (Å²) in [6.07, 6.45) is -0.115. The molecule has 0 bridgehead atoms. The van der Waals surface area contributed by atoms with Crippen LogP contribution in [0.1, 0.15) is 24.5 Å². The van der Waals surface area contributed by atoms with Crippen molar-refractivity contribution in [2.45, 2.75) is 19.6 Å². The fourth-order valence-electron chi connectivity index (χ4n) is 1.07. The number of H-pyrrole nitrogens is 1. The Labute approximate surface area is 102 Å². The number of ether oxygens (including phenoxy) is 2. The molecule has 0 amide bonds. The molecule has 0 saturated carbocycles. The number of halogens is 1. The lowest BCUT2D eigenvalue weighted by Gasteiger charge is -2.12. The number of aromatic nitrogens is 2. The number of rotatable bonds is 4. The van der Waals surface area contributed by atoms with Crippen LogP contribution in [0.5, 0.6) is 0 Å². The van der Waals surface area contributed by atoms with Crippen molar-refractivity contribution in [3.8, 4) is 0 Å². The van der Waals surface area contributed by atoms with Crippen LogP contribution in [0.3, 0.4) is 0 Å². The zero-order chi connectivity index (χ0) is 11.4. The second kappa shape index (κ2) is 5.69. The van der Waals surface area contributed by atoms with Crippen LogP contribution in [0.4, 0.5) is 0 Å². The molecule has 0 aliphatic carbocycles. The van der Waals surface area contributed by atoms with Gasteiger partial charge in [-0.2, -0.15) is 0 Å². The first-order valence-electron chi connectivity index (χ1n) is 4.40. The first-order valence-corrected chi connectivity index (χ1v) is 5.60. The molecule has 1 aromatic rings. The van der Waals surface area contributed by atoms with E-state index in [1.165, 1.54) is 0 Å². The van der Waals surface area contributed by atoms with E-state index in [-0.39, 0.29) is 6.10 Å². The van der Waals surface area contributed by atoms with Gasteiger partial charge in [0, 0.05) is 14.2 Å². The zero-order valence-electron chi connectivity index (χ0n) is 8.83. The fourth-order valence-corrected chi connectivity index (χ4v) is 1.60. The Morgan fingerprint density at radius 2 is 2.20 bits per heavy atom. The molecule has 84 valence electrons. The Balaban J connectivity index is 3.17. The molecule has 6 heteroatoms. The third-order valence-electron chi connectivity index (χ3n) is 1.98. The first kappa shape index (κ1) is 12.8. The molecule has 1 atom stereocenters. The van der Waals surface area contributed by atoms with Crippen molar-refractivity contribution >= 4 is 28.1 Å². The molecule has 0 radical (unpaired) electrons. The molecule has 0 aliphatic rings. The van der Waals surface area contributed by atoms with Crippen LogP contribution < -0.4 is 0 Å². The number of hydrogen-bond acceptors (Lipinski definition) is 4. The summed E-state index contributed by atoms with van der Waals surface area (Å²) in [6.45, 7) is 2.36. The van der Waals surface area contributed by atoms with Crippen molar-refractivity contribution in [2.75, 3.05) is 14.2 Å². The molecule has 1 rings (SSSR count). The van der Waals surface area contributed by atoms with Gasteiger partial charge in [0.2, 0.25) is 0 Å². The van der Waals surface area contributed by atoms with Gasteiger partial charge in [-0.05, 0) is 22.9 Å². The highest BCUT2D eigenvalue weighted by Gasteiger charge is 2.10. The standard InChI is InChI=1S/C9H13BrN2O2S/c1-5(14-3)8-11-6(4-13-2)7(10)9(15)12-8/h5H,4H2,1-3H3,(H,11,12,15). The van der Waals surface area contributed by atoms with Gasteiger partial charge in [-0.3, -0.25) is 0 Å². The highest BCUT2D eigenvalue weighted by atomic mass is 79.9. The molecular formula is C9H13BrN2O2S. The molecule has 15 heavy (non-hydrogen) atoms. The van der Waals surface area contributed by atoms with E-state index in [9.17, 15) is 0 Å². The number of methoxy groups -OCH3 is 2. The third kappa shape index (κ3) is 3.07. The molecule has 1 heterocycles. The Bertz CT molecular complexity index is 394. The van der Waals surface area contributed by atoms with Crippen LogP contribution in [-0.2, 0) is 16.1 Å². The van der Waals surface area contributed by atoms with E-state index in [1.54, 1.807) is 14.2 Å². The van der Waals surface area contributed by atoms with Gasteiger partial charge in [0.15, 0.2) is 0 Å². The van der Waals surface area contributed by atoms with Crippen molar-refractivity contribution in [2.24, 2.45) is 0 Å². The summed E-state index contributed by atoms with van der Waals surface area (Å²) >= 11 is 8.49. The third-order valence-corrected chi connectivity index (χ3v) is 3.39. The molecule has 0 spiro atoms. The van der Waals surface area contributed by atoms with E-state index in [2.05, 4.69) is 25.9 Å². The summed E-state index contributed by atoms with van der Waals surface area (Å²) in [5, 5.41) is 0. The monoisotopic (exact) mass is 292 g/mol. The van der Waals surface area contributed by atoms with Gasteiger partial charge in [0.1, 0.15) is 16.6 Å². The predicted octanol–water partition coefficient (Wildman–Crippen LogP) is 2.76. The van der Waals surface area contributed by atoms with Gasteiger partial charge >= 0.3 is 0 Å². The van der Waals surface area contributed by atoms with Crippen LogP contribution in [-0.4, -0.2) is 24.2 Å². The number of nitrogens with one attached hydrogen (secondary N) is 1. The fraction of sp³-hybridized carbons (Fsp3) is 0.556. The van der Waals surface area contributed by atoms with E-state index < -0.39 is 0 Å². The van der Waals surface area contributed by atoms with Gasteiger partial charge in [-0.25, -0.2) is 4.98 Å². The summed E-state index contributed by atoms with van der Waals surface area (Å²) in [4.78, 5) is 7.35. The maximum absolute atomic E-state index is 5.17. The summed E-state index contributed by atoms with van der Waals surface area (Å²) in [5.74, 6) is 0.706. The lowest BCUT2D eigenvalue weighted by molar-refractivity contribution is 0.110. The van der Waals surface area contributed by atoms with Gasteiger partial charge in [-0.15, -0.1) is 0 Å². The van der Waals surface area contributed by atoms with Crippen molar-refractivity contribution in [1.82, 2.24) is 9.97 Å². The van der Waals surface area contributed by atoms with Gasteiger partial charge in [-0.1, -0.05) is 12.2 Å². The number of hydrogen-bond donors (Lipinski definition) is 1. The second-order valence-electron chi connectivity index (χ2n) is 3.03. The highest BCUT2D eigenvalue weighted by Crippen LogP contribution is 2.19. The van der Waals surface area contributed by atoms with E-state index in [4.69, 9.17) is 21.7 Å². The van der Waals surface area contributed by atoms with Crippen LogP contribution >= 0.6 is 28.1 Å². The Hall–Kier alpha value is -0.300. The smallest absolute Gasteiger partial charge is 0.144 e. The van der Waals surface area contributed by atoms with Crippen LogP contribution in [0.2, 0.25) is 0 Å². The maximum Gasteiger partial charge on any atom is 0.144 e. The Morgan fingerprint density at radius 1 is 1.53 bits per heavy atom. The quantitative estimate of drug-likeness (QED) is 0.867. The van der Waals surface area contributed by atoms with E-state index in [0.717, 1.165) is 10.2 Å². The molecule has 1 unspecified atom stereocenters. The summed E-state index contributed by atoms with van der Waals surface area (Å²) in [5.41, 5.74) is 0.872. The lowest BCUT2D eigenvalue weighted by atomic mass is 10.3. The average Bonchev–Trinajstić information content (AvgIpc) is 2.23. The topological polar surface area (TPSA) is 47.1 Å². The average molecular weight is 293 g/mol. The van der Waals surface area contributed by atoms with Crippen molar-refractivity contribution < 1.29 is 9.47 Å². The van der Waals surface area contributed by atoms with E-state index in [0.29, 0.717) is 17.1 Å². The van der Waals surface area contributed by atoms with Gasteiger partial charge in [0.05, 0.1) is 16.8 Å². The minimum atomic E-state index is -0.115. The Morgan fingerprint density at radius 3 is 2.73 bits per heavy atom. The van der Waals surface area contributed by atoms with Crippen molar-refractivity contribution in [3.63, 3.8) is 0 Å². The van der Waals surface area contributed by atoms with Gasteiger partial charge in [0.25, 0.3) is 0 Å². The second-order valence-corrected chi connectivity index (χ2v) is 4.21. The summed E-state index contributed by atoms with van der Waals surface area (Å²) in [6, 6.07) is 0. The lowest BCUT2D eigenvalue weighted by Crippen LogP contribution is -2.07. The van der Waals surface area contributed by atoms with Crippen molar-refractivity contribution in [1.29, 1.82) is 0 Å². The summed E-state index contributed by atoms with van der Waals surface area (Å²) in [7, 11) is 3.25. The van der Waals surface area contributed by atoms with E-state index in [1.807, 2.05) is 6.92 Å². The van der Waals surface area contributed by atoms with Gasteiger partial charge < -0.3 is 14.5 Å². The first-order chi connectivity index (χ1) is 7.10. The highest BCUT2D eigenvalue weighted by molar-refractivity contribution is 9.10. The molecular weight excluding hydrogens is 280 g/mol. The molecule has 0 fully saturated rings. The maximum atomic E-state index is 5.17.